The monoisotopic (exact) mass is 293 g/mol. The summed E-state index contributed by atoms with van der Waals surface area (Å²) >= 11 is 17.5. The number of hydrogen-bond acceptors (Lipinski definition) is 4. The molecule has 0 saturated carbocycles. The largest absolute Gasteiger partial charge is 0.275 e. The van der Waals surface area contributed by atoms with Crippen LogP contribution in [-0.2, 0) is 0 Å². The number of nitro groups is 1. The van der Waals surface area contributed by atoms with Gasteiger partial charge in [-0.2, -0.15) is 0 Å². The molecule has 1 unspecified atom stereocenters. The standard InChI is InChI=1S/C9H6Cl3N3O2/c1-9(12)2-4-6(5(3-9)15(16)17)14-8(11)7(10)13-4/h2H,3H2,1H3. The minimum atomic E-state index is -0.874. The molecule has 8 heteroatoms. The van der Waals surface area contributed by atoms with E-state index in [9.17, 15) is 10.1 Å². The normalized spacial score (nSPS) is 22.9. The molecule has 1 aliphatic rings. The lowest BCUT2D eigenvalue weighted by Crippen LogP contribution is -2.42. The molecule has 5 nitrogen and oxygen atoms in total. The second-order valence-corrected chi connectivity index (χ2v) is 5.42. The number of aromatic nitrogens is 2. The van der Waals surface area contributed by atoms with E-state index in [2.05, 4.69) is 9.97 Å². The number of fused-ring (bicyclic) bond motifs is 1. The predicted molar refractivity (Wildman–Crippen MR) is 65.0 cm³/mol. The number of rotatable bonds is 1. The van der Waals surface area contributed by atoms with Crippen molar-refractivity contribution in [2.45, 2.75) is 18.2 Å². The van der Waals surface area contributed by atoms with E-state index in [1.54, 1.807) is 13.0 Å². The molecule has 90 valence electrons. The van der Waals surface area contributed by atoms with Crippen LogP contribution in [0.2, 0.25) is 10.3 Å². The molecule has 17 heavy (non-hydrogen) atoms. The minimum absolute atomic E-state index is 0.00117. The average Bonchev–Trinajstić information content (AvgIpc) is 2.18. The minimum Gasteiger partial charge on any atom is -0.259 e. The molecule has 0 bridgehead atoms. The molecule has 1 atom stereocenters. The topological polar surface area (TPSA) is 68.9 Å². The van der Waals surface area contributed by atoms with Crippen LogP contribution in [0.5, 0.6) is 0 Å². The summed E-state index contributed by atoms with van der Waals surface area (Å²) < 4.78 is 0. The van der Waals surface area contributed by atoms with Gasteiger partial charge >= 0.3 is 0 Å². The van der Waals surface area contributed by atoms with E-state index < -0.39 is 9.80 Å². The van der Waals surface area contributed by atoms with Crippen molar-refractivity contribution in [1.82, 2.24) is 9.97 Å². The fraction of sp³-hybridized carbons (Fsp3) is 0.333. The van der Waals surface area contributed by atoms with Gasteiger partial charge in [0.15, 0.2) is 15.7 Å². The van der Waals surface area contributed by atoms with Gasteiger partial charge in [-0.3, -0.25) is 10.1 Å². The quantitative estimate of drug-likeness (QED) is 0.445. The highest BCUT2D eigenvalue weighted by molar-refractivity contribution is 6.40. The van der Waals surface area contributed by atoms with Gasteiger partial charge in [0.1, 0.15) is 0 Å². The first-order valence-corrected chi connectivity index (χ1v) is 5.72. The third kappa shape index (κ3) is 2.36. The third-order valence-corrected chi connectivity index (χ3v) is 3.15. The van der Waals surface area contributed by atoms with Gasteiger partial charge in [-0.1, -0.05) is 23.2 Å². The van der Waals surface area contributed by atoms with Crippen LogP contribution in [0.4, 0.5) is 0 Å². The highest BCUT2D eigenvalue weighted by Gasteiger charge is 2.31. The zero-order chi connectivity index (χ0) is 12.8. The van der Waals surface area contributed by atoms with Crippen molar-refractivity contribution < 1.29 is 4.92 Å². The summed E-state index contributed by atoms with van der Waals surface area (Å²) in [5.41, 5.74) is -0.105. The van der Waals surface area contributed by atoms with Crippen molar-refractivity contribution in [2.75, 3.05) is 0 Å². The molecule has 1 heterocycles. The Morgan fingerprint density at radius 2 is 2.00 bits per heavy atom. The van der Waals surface area contributed by atoms with Gasteiger partial charge in [-0.25, -0.2) is 9.97 Å². The highest BCUT2D eigenvalue weighted by Crippen LogP contribution is 2.27. The van der Waals surface area contributed by atoms with Gasteiger partial charge in [0.2, 0.25) is 0 Å². The van der Waals surface area contributed by atoms with Gasteiger partial charge in [-0.05, 0) is 13.0 Å². The molecule has 0 radical (unpaired) electrons. The van der Waals surface area contributed by atoms with E-state index in [0.717, 1.165) is 0 Å². The first-order valence-electron chi connectivity index (χ1n) is 4.58. The first kappa shape index (κ1) is 12.5. The molecule has 0 N–H and O–H groups in total. The predicted octanol–water partition coefficient (Wildman–Crippen LogP) is 1.35. The summed E-state index contributed by atoms with van der Waals surface area (Å²) in [5, 5.41) is 11.3. The maximum Gasteiger partial charge on any atom is 0.275 e. The van der Waals surface area contributed by atoms with Crippen LogP contribution in [0.15, 0.2) is 0 Å². The van der Waals surface area contributed by atoms with Crippen molar-refractivity contribution >= 4 is 46.6 Å². The molecule has 0 spiro atoms. The molecule has 0 aliphatic heterocycles. The van der Waals surface area contributed by atoms with E-state index in [0.29, 0.717) is 0 Å². The number of halogens is 3. The van der Waals surface area contributed by atoms with Crippen LogP contribution < -0.4 is 10.7 Å². The molecule has 0 amide bonds. The third-order valence-electron chi connectivity index (χ3n) is 2.29. The zero-order valence-electron chi connectivity index (χ0n) is 8.58. The van der Waals surface area contributed by atoms with Gasteiger partial charge in [0.05, 0.1) is 21.6 Å². The lowest BCUT2D eigenvalue weighted by Gasteiger charge is -2.18. The molecule has 2 rings (SSSR count). The summed E-state index contributed by atoms with van der Waals surface area (Å²) in [6.07, 6.45) is 1.65. The molecule has 1 aromatic rings. The van der Waals surface area contributed by atoms with Crippen molar-refractivity contribution in [3.63, 3.8) is 0 Å². The van der Waals surface area contributed by atoms with E-state index >= 15 is 0 Å². The van der Waals surface area contributed by atoms with Gasteiger partial charge in [0, 0.05) is 0 Å². The number of nitrogens with zero attached hydrogens (tertiary/aromatic N) is 3. The Hall–Kier alpha value is -0.910. The fourth-order valence-electron chi connectivity index (χ4n) is 1.62. The maximum absolute atomic E-state index is 11.0. The Kier molecular flexibility index (Phi) is 3.01. The van der Waals surface area contributed by atoms with E-state index in [-0.39, 0.29) is 33.1 Å². The molecule has 1 aromatic heterocycles. The van der Waals surface area contributed by atoms with Crippen LogP contribution in [0, 0.1) is 10.1 Å². The Labute approximate surface area is 111 Å². The van der Waals surface area contributed by atoms with Gasteiger partial charge in [-0.15, -0.1) is 11.6 Å². The Morgan fingerprint density at radius 1 is 1.41 bits per heavy atom. The van der Waals surface area contributed by atoms with Gasteiger partial charge < -0.3 is 0 Å². The van der Waals surface area contributed by atoms with Crippen molar-refractivity contribution in [3.8, 4) is 0 Å². The van der Waals surface area contributed by atoms with E-state index in [1.165, 1.54) is 0 Å². The summed E-state index contributed by atoms with van der Waals surface area (Å²) in [5.74, 6) is 0. The molecule has 0 fully saturated rings. The Balaban J connectivity index is 2.90. The Bertz CT molecular complexity index is 627. The summed E-state index contributed by atoms with van der Waals surface area (Å²) in [6.45, 7) is 1.66. The highest BCUT2D eigenvalue weighted by atomic mass is 35.5. The van der Waals surface area contributed by atoms with Crippen LogP contribution in [0.3, 0.4) is 0 Å². The smallest absolute Gasteiger partial charge is 0.259 e. The summed E-state index contributed by atoms with van der Waals surface area (Å²) in [7, 11) is 0. The Morgan fingerprint density at radius 3 is 2.59 bits per heavy atom. The first-order chi connectivity index (χ1) is 7.80. The molecule has 0 saturated heterocycles. The molecular weight excluding hydrogens is 288 g/mol. The second-order valence-electron chi connectivity index (χ2n) is 3.84. The van der Waals surface area contributed by atoms with Crippen molar-refractivity contribution in [2.24, 2.45) is 0 Å². The maximum atomic E-state index is 11.0. The zero-order valence-corrected chi connectivity index (χ0v) is 10.8. The van der Waals surface area contributed by atoms with Crippen LogP contribution >= 0.6 is 34.8 Å². The number of hydrogen-bond donors (Lipinski definition) is 0. The van der Waals surface area contributed by atoms with E-state index in [1.807, 2.05) is 0 Å². The summed E-state index contributed by atoms with van der Waals surface area (Å²) in [4.78, 5) is 17.4. The molecule has 0 aromatic carbocycles. The SMILES string of the molecule is CC1(Cl)C=c2nc(Cl)c(Cl)nc2=C([N+](=O)[O-])C1. The van der Waals surface area contributed by atoms with Crippen LogP contribution in [0.1, 0.15) is 13.3 Å². The van der Waals surface area contributed by atoms with Crippen molar-refractivity contribution in [1.29, 1.82) is 0 Å². The van der Waals surface area contributed by atoms with Crippen molar-refractivity contribution in [3.05, 3.63) is 31.1 Å². The van der Waals surface area contributed by atoms with E-state index in [4.69, 9.17) is 34.8 Å². The summed E-state index contributed by atoms with van der Waals surface area (Å²) in [6, 6.07) is 0. The average molecular weight is 295 g/mol. The van der Waals surface area contributed by atoms with Crippen LogP contribution in [-0.4, -0.2) is 19.8 Å². The van der Waals surface area contributed by atoms with Gasteiger partial charge in [0.25, 0.3) is 5.70 Å². The lowest BCUT2D eigenvalue weighted by molar-refractivity contribution is -0.382. The second kappa shape index (κ2) is 4.08. The lowest BCUT2D eigenvalue weighted by atomic mass is 10.00. The van der Waals surface area contributed by atoms with Crippen LogP contribution in [0.25, 0.3) is 11.8 Å². The fourth-order valence-corrected chi connectivity index (χ4v) is 2.11. The molecular formula is C9H6Cl3N3O2. The number of alkyl halides is 1. The molecule has 1 aliphatic carbocycles.